The number of hydrogen-bond acceptors (Lipinski definition) is 6. The van der Waals surface area contributed by atoms with E-state index in [0.717, 1.165) is 0 Å². The molecule has 0 saturated heterocycles. The summed E-state index contributed by atoms with van der Waals surface area (Å²) in [4.78, 5) is 19.7. The van der Waals surface area contributed by atoms with Gasteiger partial charge in [-0.2, -0.15) is 0 Å². The van der Waals surface area contributed by atoms with Crippen molar-refractivity contribution in [3.8, 4) is 0 Å². The van der Waals surface area contributed by atoms with Crippen LogP contribution in [-0.2, 0) is 4.74 Å². The number of carbonyl (C=O) groups excluding carboxylic acids is 1. The van der Waals surface area contributed by atoms with Crippen LogP contribution in [0.15, 0.2) is 21.8 Å². The van der Waals surface area contributed by atoms with Crippen LogP contribution in [0, 0.1) is 0 Å². The molecule has 2 aromatic heterocycles. The summed E-state index contributed by atoms with van der Waals surface area (Å²) in [7, 11) is 1.31. The van der Waals surface area contributed by atoms with Gasteiger partial charge in [0.15, 0.2) is 5.69 Å². The van der Waals surface area contributed by atoms with Crippen molar-refractivity contribution in [2.45, 2.75) is 5.03 Å². The van der Waals surface area contributed by atoms with Gasteiger partial charge < -0.3 is 9.15 Å². The van der Waals surface area contributed by atoms with Gasteiger partial charge >= 0.3 is 5.97 Å². The summed E-state index contributed by atoms with van der Waals surface area (Å²) in [6, 6.07) is 1.65. The van der Waals surface area contributed by atoms with Crippen LogP contribution in [0.5, 0.6) is 0 Å². The van der Waals surface area contributed by atoms with Crippen LogP contribution in [0.2, 0.25) is 0 Å². The van der Waals surface area contributed by atoms with E-state index < -0.39 is 5.97 Å². The van der Waals surface area contributed by atoms with E-state index in [0.29, 0.717) is 16.3 Å². The Morgan fingerprint density at radius 3 is 3.00 bits per heavy atom. The maximum atomic E-state index is 11.4. The minimum Gasteiger partial charge on any atom is -0.464 e. The summed E-state index contributed by atoms with van der Waals surface area (Å²) in [6.07, 6.45) is 3.29. The monoisotopic (exact) mass is 224 g/mol. The first kappa shape index (κ1) is 9.97. The number of thioether (sulfide) groups is 1. The van der Waals surface area contributed by atoms with Crippen LogP contribution in [0.4, 0.5) is 0 Å². The molecule has 2 aromatic rings. The van der Waals surface area contributed by atoms with E-state index in [2.05, 4.69) is 14.7 Å². The number of esters is 1. The average molecular weight is 224 g/mol. The SMILES string of the molecule is COC(=O)c1nc2ccoc2nc1SC. The Balaban J connectivity index is 2.64. The van der Waals surface area contributed by atoms with E-state index in [9.17, 15) is 4.79 Å². The van der Waals surface area contributed by atoms with Crippen LogP contribution >= 0.6 is 11.8 Å². The fraction of sp³-hybridized carbons (Fsp3) is 0.222. The number of aromatic nitrogens is 2. The molecular weight excluding hydrogens is 216 g/mol. The molecule has 0 aliphatic rings. The quantitative estimate of drug-likeness (QED) is 0.571. The molecule has 0 spiro atoms. The summed E-state index contributed by atoms with van der Waals surface area (Å²) in [5.41, 5.74) is 1.19. The van der Waals surface area contributed by atoms with Crippen molar-refractivity contribution in [2.24, 2.45) is 0 Å². The molecule has 0 aliphatic heterocycles. The van der Waals surface area contributed by atoms with Crippen LogP contribution in [0.3, 0.4) is 0 Å². The molecule has 0 aliphatic carbocycles. The van der Waals surface area contributed by atoms with Gasteiger partial charge in [0.25, 0.3) is 0 Å². The second kappa shape index (κ2) is 3.90. The standard InChI is InChI=1S/C9H8N2O3S/c1-13-9(12)6-8(15-2)11-7-5(10-6)3-4-14-7/h3-4H,1-2H3. The van der Waals surface area contributed by atoms with Crippen LogP contribution in [0.25, 0.3) is 11.2 Å². The smallest absolute Gasteiger partial charge is 0.359 e. The number of rotatable bonds is 2. The van der Waals surface area contributed by atoms with E-state index in [1.807, 2.05) is 6.26 Å². The summed E-state index contributed by atoms with van der Waals surface area (Å²) in [5, 5.41) is 0.504. The molecule has 0 fully saturated rings. The van der Waals surface area contributed by atoms with E-state index >= 15 is 0 Å². The molecule has 0 saturated carbocycles. The molecule has 5 nitrogen and oxygen atoms in total. The van der Waals surface area contributed by atoms with Crippen LogP contribution in [0.1, 0.15) is 10.5 Å². The number of fused-ring (bicyclic) bond motifs is 1. The topological polar surface area (TPSA) is 65.2 Å². The molecule has 0 radical (unpaired) electrons. The van der Waals surface area contributed by atoms with Gasteiger partial charge in [-0.15, -0.1) is 11.8 Å². The maximum absolute atomic E-state index is 11.4. The first-order valence-corrected chi connectivity index (χ1v) is 5.36. The van der Waals surface area contributed by atoms with Crippen molar-refractivity contribution >= 4 is 29.0 Å². The van der Waals surface area contributed by atoms with Gasteiger partial charge in [0.2, 0.25) is 5.71 Å². The van der Waals surface area contributed by atoms with Gasteiger partial charge in [-0.3, -0.25) is 0 Å². The Hall–Kier alpha value is -1.56. The van der Waals surface area contributed by atoms with Crippen molar-refractivity contribution in [1.29, 1.82) is 0 Å². The molecule has 6 heteroatoms. The fourth-order valence-corrected chi connectivity index (χ4v) is 1.65. The fourth-order valence-electron chi connectivity index (χ4n) is 1.15. The number of hydrogen-bond donors (Lipinski definition) is 0. The second-order valence-electron chi connectivity index (χ2n) is 2.68. The zero-order chi connectivity index (χ0) is 10.8. The van der Waals surface area contributed by atoms with Crippen molar-refractivity contribution in [1.82, 2.24) is 9.97 Å². The molecule has 0 aromatic carbocycles. The summed E-state index contributed by atoms with van der Waals surface area (Å²) >= 11 is 1.32. The summed E-state index contributed by atoms with van der Waals surface area (Å²) < 4.78 is 9.71. The van der Waals surface area contributed by atoms with Crippen molar-refractivity contribution in [3.05, 3.63) is 18.0 Å². The highest BCUT2D eigenvalue weighted by Crippen LogP contribution is 2.21. The van der Waals surface area contributed by atoms with Crippen LogP contribution in [-0.4, -0.2) is 29.3 Å². The summed E-state index contributed by atoms with van der Waals surface area (Å²) in [6.45, 7) is 0. The van der Waals surface area contributed by atoms with Gasteiger partial charge in [0, 0.05) is 6.07 Å². The first-order valence-electron chi connectivity index (χ1n) is 4.14. The highest BCUT2D eigenvalue weighted by atomic mass is 32.2. The minimum absolute atomic E-state index is 0.221. The zero-order valence-corrected chi connectivity index (χ0v) is 9.00. The number of ether oxygens (including phenoxy) is 1. The molecule has 2 heterocycles. The molecule has 78 valence electrons. The highest BCUT2D eigenvalue weighted by molar-refractivity contribution is 7.98. The van der Waals surface area contributed by atoms with Crippen molar-refractivity contribution < 1.29 is 13.9 Å². The number of nitrogens with zero attached hydrogens (tertiary/aromatic N) is 2. The molecule has 15 heavy (non-hydrogen) atoms. The van der Waals surface area contributed by atoms with E-state index in [1.165, 1.54) is 25.1 Å². The predicted octanol–water partition coefficient (Wildman–Crippen LogP) is 1.73. The van der Waals surface area contributed by atoms with Crippen molar-refractivity contribution in [3.63, 3.8) is 0 Å². The lowest BCUT2D eigenvalue weighted by Crippen LogP contribution is -2.07. The molecule has 2 rings (SSSR count). The third-order valence-electron chi connectivity index (χ3n) is 1.83. The first-order chi connectivity index (χ1) is 7.26. The van der Waals surface area contributed by atoms with Crippen molar-refractivity contribution in [2.75, 3.05) is 13.4 Å². The van der Waals surface area contributed by atoms with Gasteiger partial charge in [-0.1, -0.05) is 0 Å². The highest BCUT2D eigenvalue weighted by Gasteiger charge is 2.17. The Morgan fingerprint density at radius 1 is 1.53 bits per heavy atom. The third kappa shape index (κ3) is 1.68. The van der Waals surface area contributed by atoms with Gasteiger partial charge in [0.05, 0.1) is 13.4 Å². The Morgan fingerprint density at radius 2 is 2.33 bits per heavy atom. The Kier molecular flexibility index (Phi) is 2.59. The van der Waals surface area contributed by atoms with Gasteiger partial charge in [-0.05, 0) is 6.26 Å². The Bertz CT molecular complexity index is 509. The lowest BCUT2D eigenvalue weighted by atomic mass is 10.4. The van der Waals surface area contributed by atoms with Crippen LogP contribution < -0.4 is 0 Å². The van der Waals surface area contributed by atoms with E-state index in [-0.39, 0.29) is 5.69 Å². The summed E-state index contributed by atoms with van der Waals surface area (Å²) in [5.74, 6) is -0.491. The minimum atomic E-state index is -0.491. The normalized spacial score (nSPS) is 10.5. The number of furan rings is 1. The Labute approximate surface area is 89.8 Å². The number of methoxy groups -OCH3 is 1. The average Bonchev–Trinajstić information content (AvgIpc) is 2.73. The maximum Gasteiger partial charge on any atom is 0.359 e. The predicted molar refractivity (Wildman–Crippen MR) is 54.9 cm³/mol. The molecule has 0 unspecified atom stereocenters. The lowest BCUT2D eigenvalue weighted by Gasteiger charge is -2.02. The second-order valence-corrected chi connectivity index (χ2v) is 3.48. The molecule has 0 N–H and O–H groups in total. The molecule has 0 bridgehead atoms. The molecule has 0 amide bonds. The van der Waals surface area contributed by atoms with Gasteiger partial charge in [0.1, 0.15) is 10.5 Å². The zero-order valence-electron chi connectivity index (χ0n) is 8.18. The molecule has 0 atom stereocenters. The lowest BCUT2D eigenvalue weighted by molar-refractivity contribution is 0.0589. The third-order valence-corrected chi connectivity index (χ3v) is 2.51. The van der Waals surface area contributed by atoms with Gasteiger partial charge in [-0.25, -0.2) is 14.8 Å². The number of carbonyl (C=O) groups is 1. The van der Waals surface area contributed by atoms with E-state index in [1.54, 1.807) is 6.07 Å². The van der Waals surface area contributed by atoms with E-state index in [4.69, 9.17) is 4.42 Å². The largest absolute Gasteiger partial charge is 0.464 e. The molecular formula is C9H8N2O3S.